The molecule has 0 bridgehead atoms. The van der Waals surface area contributed by atoms with Crippen LogP contribution in [0.2, 0.25) is 0 Å². The van der Waals surface area contributed by atoms with Gasteiger partial charge in [0, 0.05) is 11.1 Å². The number of nitrogens with one attached hydrogen (secondary N) is 1. The SMILES string of the molecule is CC(C)(C)NC(=O)Cc1c(F)cccc1F. The summed E-state index contributed by atoms with van der Waals surface area (Å²) in [5.74, 6) is -1.77. The second-order valence-corrected chi connectivity index (χ2v) is 4.68. The fourth-order valence-corrected chi connectivity index (χ4v) is 1.32. The summed E-state index contributed by atoms with van der Waals surface area (Å²) in [6.07, 6.45) is -0.282. The summed E-state index contributed by atoms with van der Waals surface area (Å²) in [7, 11) is 0. The number of carbonyl (C=O) groups excluding carboxylic acids is 1. The smallest absolute Gasteiger partial charge is 0.225 e. The molecule has 0 aromatic heterocycles. The molecule has 0 atom stereocenters. The minimum atomic E-state index is -0.691. The second kappa shape index (κ2) is 4.60. The van der Waals surface area contributed by atoms with Gasteiger partial charge < -0.3 is 5.32 Å². The van der Waals surface area contributed by atoms with Crippen molar-refractivity contribution in [1.29, 1.82) is 0 Å². The predicted octanol–water partition coefficient (Wildman–Crippen LogP) is 2.42. The van der Waals surface area contributed by atoms with Crippen LogP contribution >= 0.6 is 0 Å². The van der Waals surface area contributed by atoms with Crippen LogP contribution in [0.25, 0.3) is 0 Å². The van der Waals surface area contributed by atoms with Gasteiger partial charge in [-0.1, -0.05) is 6.07 Å². The molecule has 88 valence electrons. The lowest BCUT2D eigenvalue weighted by molar-refractivity contribution is -0.121. The standard InChI is InChI=1S/C12H15F2NO/c1-12(2,3)15-11(16)7-8-9(13)5-4-6-10(8)14/h4-6H,7H2,1-3H3,(H,15,16). The maximum Gasteiger partial charge on any atom is 0.225 e. The fraction of sp³-hybridized carbons (Fsp3) is 0.417. The topological polar surface area (TPSA) is 29.1 Å². The first-order valence-corrected chi connectivity index (χ1v) is 5.03. The molecule has 0 fully saturated rings. The van der Waals surface area contributed by atoms with Gasteiger partial charge in [-0.25, -0.2) is 8.78 Å². The molecule has 1 amide bonds. The van der Waals surface area contributed by atoms with Gasteiger partial charge in [-0.2, -0.15) is 0 Å². The highest BCUT2D eigenvalue weighted by Crippen LogP contribution is 2.13. The van der Waals surface area contributed by atoms with Crippen LogP contribution < -0.4 is 5.32 Å². The van der Waals surface area contributed by atoms with E-state index in [0.29, 0.717) is 0 Å². The first kappa shape index (κ1) is 12.6. The van der Waals surface area contributed by atoms with Crippen molar-refractivity contribution in [2.24, 2.45) is 0 Å². The van der Waals surface area contributed by atoms with E-state index < -0.39 is 23.1 Å². The molecule has 0 radical (unpaired) electrons. The van der Waals surface area contributed by atoms with Crippen molar-refractivity contribution < 1.29 is 13.6 Å². The van der Waals surface area contributed by atoms with E-state index in [1.54, 1.807) is 0 Å². The van der Waals surface area contributed by atoms with Gasteiger partial charge in [-0.05, 0) is 32.9 Å². The number of amides is 1. The van der Waals surface area contributed by atoms with Gasteiger partial charge in [0.05, 0.1) is 6.42 Å². The third-order valence-electron chi connectivity index (χ3n) is 1.91. The van der Waals surface area contributed by atoms with Crippen LogP contribution in [-0.4, -0.2) is 11.4 Å². The van der Waals surface area contributed by atoms with Crippen molar-refractivity contribution in [2.45, 2.75) is 32.7 Å². The zero-order valence-electron chi connectivity index (χ0n) is 9.60. The van der Waals surface area contributed by atoms with Crippen molar-refractivity contribution in [3.63, 3.8) is 0 Å². The summed E-state index contributed by atoms with van der Waals surface area (Å²) in [4.78, 5) is 11.5. The lowest BCUT2D eigenvalue weighted by Crippen LogP contribution is -2.41. The summed E-state index contributed by atoms with van der Waals surface area (Å²) >= 11 is 0. The molecule has 1 aromatic rings. The van der Waals surface area contributed by atoms with E-state index in [0.717, 1.165) is 12.1 Å². The summed E-state index contributed by atoms with van der Waals surface area (Å²) < 4.78 is 26.4. The van der Waals surface area contributed by atoms with Crippen LogP contribution in [0.3, 0.4) is 0 Å². The van der Waals surface area contributed by atoms with Gasteiger partial charge in [-0.15, -0.1) is 0 Å². The van der Waals surface area contributed by atoms with Crippen LogP contribution in [-0.2, 0) is 11.2 Å². The number of benzene rings is 1. The third-order valence-corrected chi connectivity index (χ3v) is 1.91. The minimum absolute atomic E-state index is 0.191. The molecular weight excluding hydrogens is 212 g/mol. The first-order valence-electron chi connectivity index (χ1n) is 5.03. The van der Waals surface area contributed by atoms with E-state index in [-0.39, 0.29) is 12.0 Å². The molecule has 1 rings (SSSR count). The van der Waals surface area contributed by atoms with Crippen molar-refractivity contribution in [2.75, 3.05) is 0 Å². The van der Waals surface area contributed by atoms with E-state index in [1.807, 2.05) is 20.8 Å². The normalized spacial score (nSPS) is 11.3. The average Bonchev–Trinajstić information content (AvgIpc) is 2.08. The zero-order valence-corrected chi connectivity index (χ0v) is 9.60. The van der Waals surface area contributed by atoms with E-state index in [9.17, 15) is 13.6 Å². The Balaban J connectivity index is 2.78. The van der Waals surface area contributed by atoms with Gasteiger partial charge in [0.1, 0.15) is 11.6 Å². The number of rotatable bonds is 2. The van der Waals surface area contributed by atoms with E-state index in [1.165, 1.54) is 6.07 Å². The lowest BCUT2D eigenvalue weighted by atomic mass is 10.1. The van der Waals surface area contributed by atoms with Gasteiger partial charge in [-0.3, -0.25) is 4.79 Å². The molecule has 0 saturated heterocycles. The molecule has 0 aliphatic heterocycles. The van der Waals surface area contributed by atoms with E-state index in [4.69, 9.17) is 0 Å². The molecule has 16 heavy (non-hydrogen) atoms. The van der Waals surface area contributed by atoms with Gasteiger partial charge >= 0.3 is 0 Å². The van der Waals surface area contributed by atoms with Crippen molar-refractivity contribution >= 4 is 5.91 Å². The Hall–Kier alpha value is -1.45. The molecule has 0 aliphatic carbocycles. The highest BCUT2D eigenvalue weighted by molar-refractivity contribution is 5.79. The van der Waals surface area contributed by atoms with Crippen LogP contribution in [0, 0.1) is 11.6 Å². The summed E-state index contributed by atoms with van der Waals surface area (Å²) in [6.45, 7) is 5.42. The highest BCUT2D eigenvalue weighted by atomic mass is 19.1. The van der Waals surface area contributed by atoms with E-state index in [2.05, 4.69) is 5.32 Å². The summed E-state index contributed by atoms with van der Waals surface area (Å²) in [5.41, 5.74) is -0.594. The number of carbonyl (C=O) groups is 1. The lowest BCUT2D eigenvalue weighted by Gasteiger charge is -2.20. The maximum atomic E-state index is 13.2. The Morgan fingerprint density at radius 2 is 1.75 bits per heavy atom. The van der Waals surface area contributed by atoms with Crippen molar-refractivity contribution in [1.82, 2.24) is 5.32 Å². The quantitative estimate of drug-likeness (QED) is 0.826. The van der Waals surface area contributed by atoms with Gasteiger partial charge in [0.15, 0.2) is 0 Å². The van der Waals surface area contributed by atoms with Gasteiger partial charge in [0.2, 0.25) is 5.91 Å². The molecule has 2 nitrogen and oxygen atoms in total. The molecule has 0 aliphatic rings. The molecular formula is C12H15F2NO. The second-order valence-electron chi connectivity index (χ2n) is 4.68. The Bertz CT molecular complexity index is 376. The summed E-state index contributed by atoms with van der Waals surface area (Å²) in [6, 6.07) is 3.56. The Labute approximate surface area is 93.7 Å². The average molecular weight is 227 g/mol. The molecule has 0 heterocycles. The number of hydrogen-bond acceptors (Lipinski definition) is 1. The number of halogens is 2. The minimum Gasteiger partial charge on any atom is -0.351 e. The molecule has 4 heteroatoms. The molecule has 0 saturated carbocycles. The molecule has 0 unspecified atom stereocenters. The summed E-state index contributed by atoms with van der Waals surface area (Å²) in [5, 5.41) is 2.65. The highest BCUT2D eigenvalue weighted by Gasteiger charge is 2.17. The van der Waals surface area contributed by atoms with E-state index >= 15 is 0 Å². The zero-order chi connectivity index (χ0) is 12.3. The monoisotopic (exact) mass is 227 g/mol. The Kier molecular flexibility index (Phi) is 3.62. The molecule has 1 aromatic carbocycles. The molecule has 1 N–H and O–H groups in total. The van der Waals surface area contributed by atoms with Crippen molar-refractivity contribution in [3.8, 4) is 0 Å². The predicted molar refractivity (Wildman–Crippen MR) is 58.0 cm³/mol. The Morgan fingerprint density at radius 1 is 1.25 bits per heavy atom. The molecule has 0 spiro atoms. The number of hydrogen-bond donors (Lipinski definition) is 1. The third kappa shape index (κ3) is 3.61. The van der Waals surface area contributed by atoms with Gasteiger partial charge in [0.25, 0.3) is 0 Å². The fourth-order valence-electron chi connectivity index (χ4n) is 1.32. The van der Waals surface area contributed by atoms with Crippen LogP contribution in [0.5, 0.6) is 0 Å². The largest absolute Gasteiger partial charge is 0.351 e. The van der Waals surface area contributed by atoms with Crippen LogP contribution in [0.1, 0.15) is 26.3 Å². The maximum absolute atomic E-state index is 13.2. The van der Waals surface area contributed by atoms with Crippen LogP contribution in [0.15, 0.2) is 18.2 Å². The van der Waals surface area contributed by atoms with Crippen LogP contribution in [0.4, 0.5) is 8.78 Å². The Morgan fingerprint density at radius 3 is 2.19 bits per heavy atom. The van der Waals surface area contributed by atoms with Crippen molar-refractivity contribution in [3.05, 3.63) is 35.4 Å². The first-order chi connectivity index (χ1) is 7.29.